The predicted octanol–water partition coefficient (Wildman–Crippen LogP) is 6.36. The third kappa shape index (κ3) is 6.83. The minimum atomic E-state index is -2.12. The molecule has 3 aromatic carbocycles. The first-order valence-corrected chi connectivity index (χ1v) is 13.9. The van der Waals surface area contributed by atoms with Crippen molar-refractivity contribution in [3.8, 4) is 17.1 Å². The molecule has 11 heteroatoms. The topological polar surface area (TPSA) is 112 Å². The second-order valence-corrected chi connectivity index (χ2v) is 10.8. The molecular formula is C29H25ClFN4O4S-. The minimum absolute atomic E-state index is 0.189. The van der Waals surface area contributed by atoms with Gasteiger partial charge in [-0.1, -0.05) is 41.7 Å². The molecule has 0 saturated heterocycles. The van der Waals surface area contributed by atoms with Crippen molar-refractivity contribution >= 4 is 45.1 Å². The van der Waals surface area contributed by atoms with Gasteiger partial charge < -0.3 is 24.3 Å². The fraction of sp³-hybridized carbons (Fsp3) is 0.172. The van der Waals surface area contributed by atoms with Gasteiger partial charge in [-0.25, -0.2) is 14.4 Å². The maximum Gasteiger partial charge on any atom is 0.141 e. The molecule has 2 atom stereocenters. The number of fused-ring (bicyclic) bond motifs is 1. The molecule has 0 amide bonds. The molecule has 2 aromatic heterocycles. The Balaban J connectivity index is 1.30. The Morgan fingerprint density at radius 1 is 1.10 bits per heavy atom. The number of aromatic nitrogens is 2. The highest BCUT2D eigenvalue weighted by Gasteiger charge is 2.12. The summed E-state index contributed by atoms with van der Waals surface area (Å²) < 4.78 is 47.2. The summed E-state index contributed by atoms with van der Waals surface area (Å²) in [5.74, 6) is 2.10. The van der Waals surface area contributed by atoms with Crippen LogP contribution in [0.25, 0.3) is 22.2 Å². The molecule has 0 aliphatic carbocycles. The van der Waals surface area contributed by atoms with Crippen molar-refractivity contribution < 1.29 is 22.3 Å². The third-order valence-electron chi connectivity index (χ3n) is 6.12. The zero-order valence-corrected chi connectivity index (χ0v) is 23.0. The summed E-state index contributed by atoms with van der Waals surface area (Å²) in [6, 6.07) is 21.0. The van der Waals surface area contributed by atoms with E-state index in [-0.39, 0.29) is 12.4 Å². The molecule has 8 nitrogen and oxygen atoms in total. The Hall–Kier alpha value is -3.83. The van der Waals surface area contributed by atoms with E-state index in [9.17, 15) is 13.2 Å². The van der Waals surface area contributed by atoms with Crippen molar-refractivity contribution in [2.45, 2.75) is 25.3 Å². The number of furan rings is 1. The van der Waals surface area contributed by atoms with E-state index >= 15 is 0 Å². The van der Waals surface area contributed by atoms with E-state index in [1.165, 1.54) is 18.5 Å². The van der Waals surface area contributed by atoms with E-state index in [1.807, 2.05) is 36.4 Å². The van der Waals surface area contributed by atoms with Gasteiger partial charge in [-0.05, 0) is 66.2 Å². The minimum Gasteiger partial charge on any atom is -0.772 e. The van der Waals surface area contributed by atoms with Gasteiger partial charge in [-0.2, -0.15) is 0 Å². The summed E-state index contributed by atoms with van der Waals surface area (Å²) in [5.41, 5.74) is 2.99. The quantitative estimate of drug-likeness (QED) is 0.174. The lowest BCUT2D eigenvalue weighted by Gasteiger charge is -2.14. The molecule has 206 valence electrons. The van der Waals surface area contributed by atoms with Crippen LogP contribution in [-0.2, 0) is 24.2 Å². The fourth-order valence-electron chi connectivity index (χ4n) is 4.02. The van der Waals surface area contributed by atoms with Crippen molar-refractivity contribution in [3.05, 3.63) is 101 Å². The molecule has 2 N–H and O–H groups in total. The smallest absolute Gasteiger partial charge is 0.141 e. The summed E-state index contributed by atoms with van der Waals surface area (Å²) in [6.45, 7) is 2.57. The molecule has 0 aliphatic heterocycles. The van der Waals surface area contributed by atoms with E-state index in [2.05, 4.69) is 20.6 Å². The van der Waals surface area contributed by atoms with Crippen molar-refractivity contribution in [3.63, 3.8) is 0 Å². The van der Waals surface area contributed by atoms with Crippen LogP contribution in [0.15, 0.2) is 83.5 Å². The Labute approximate surface area is 237 Å². The summed E-state index contributed by atoms with van der Waals surface area (Å²) in [7, 11) is 0. The average molecular weight is 580 g/mol. The summed E-state index contributed by atoms with van der Waals surface area (Å²) >= 11 is 4.35. The second kappa shape index (κ2) is 12.6. The number of anilines is 2. The lowest BCUT2D eigenvalue weighted by Crippen LogP contribution is -2.27. The van der Waals surface area contributed by atoms with Gasteiger partial charge in [0, 0.05) is 28.4 Å². The first-order chi connectivity index (χ1) is 19.4. The van der Waals surface area contributed by atoms with Crippen LogP contribution in [-0.4, -0.2) is 30.5 Å². The standard InChI is InChI=1S/C29H26ClFN4O4S/c1-18(40(36)37)14-32-15-23-7-10-27(39-23)20-5-8-26-24(12-20)29(34-17-33-26)35-22-6-9-28(25(30)13-22)38-16-19-3-2-4-21(31)11-19/h2-13,17-18,32H,14-16H2,1H3,(H,36,37)(H,33,34,35)/p-1. The van der Waals surface area contributed by atoms with Crippen LogP contribution in [0.5, 0.6) is 5.75 Å². The van der Waals surface area contributed by atoms with Gasteiger partial charge in [0.2, 0.25) is 0 Å². The molecule has 40 heavy (non-hydrogen) atoms. The van der Waals surface area contributed by atoms with Crippen LogP contribution in [0, 0.1) is 5.82 Å². The first kappa shape index (κ1) is 27.7. The third-order valence-corrected chi connectivity index (χ3v) is 7.24. The van der Waals surface area contributed by atoms with Gasteiger partial charge in [-0.15, -0.1) is 0 Å². The molecule has 0 saturated carbocycles. The van der Waals surface area contributed by atoms with Gasteiger partial charge in [0.15, 0.2) is 0 Å². The number of hydrogen-bond acceptors (Lipinski definition) is 8. The number of nitrogens with zero attached hydrogens (tertiary/aromatic N) is 2. The number of halogens is 2. The van der Waals surface area contributed by atoms with Crippen molar-refractivity contribution in [2.24, 2.45) is 0 Å². The van der Waals surface area contributed by atoms with Crippen molar-refractivity contribution in [1.82, 2.24) is 15.3 Å². The number of hydrogen-bond donors (Lipinski definition) is 2. The first-order valence-electron chi connectivity index (χ1n) is 12.4. The van der Waals surface area contributed by atoms with Gasteiger partial charge >= 0.3 is 0 Å². The van der Waals surface area contributed by atoms with Crippen LogP contribution in [0.2, 0.25) is 5.02 Å². The SMILES string of the molecule is CC(CNCc1ccc(-c2ccc3ncnc(Nc4ccc(OCc5cccc(F)c5)c(Cl)c4)c3c2)o1)S(=O)[O-]. The highest BCUT2D eigenvalue weighted by atomic mass is 35.5. The highest BCUT2D eigenvalue weighted by Crippen LogP contribution is 2.32. The summed E-state index contributed by atoms with van der Waals surface area (Å²) in [5, 5.41) is 7.08. The van der Waals surface area contributed by atoms with Gasteiger partial charge in [0.25, 0.3) is 0 Å². The maximum atomic E-state index is 13.4. The van der Waals surface area contributed by atoms with Gasteiger partial charge in [0.05, 0.1) is 17.1 Å². The molecule has 5 rings (SSSR count). The molecule has 2 unspecified atom stereocenters. The van der Waals surface area contributed by atoms with Gasteiger partial charge in [-0.3, -0.25) is 4.21 Å². The largest absolute Gasteiger partial charge is 0.772 e. The highest BCUT2D eigenvalue weighted by molar-refractivity contribution is 7.79. The summed E-state index contributed by atoms with van der Waals surface area (Å²) in [6.07, 6.45) is 1.48. The molecule has 0 fully saturated rings. The maximum absolute atomic E-state index is 13.4. The van der Waals surface area contributed by atoms with Crippen LogP contribution in [0.3, 0.4) is 0 Å². The lowest BCUT2D eigenvalue weighted by atomic mass is 10.1. The second-order valence-electron chi connectivity index (χ2n) is 9.11. The normalized spacial score (nSPS) is 12.8. The molecular weight excluding hydrogens is 555 g/mol. The molecule has 0 spiro atoms. The molecule has 2 heterocycles. The summed E-state index contributed by atoms with van der Waals surface area (Å²) in [4.78, 5) is 8.80. The number of nitrogens with one attached hydrogen (secondary N) is 2. The van der Waals surface area contributed by atoms with Crippen LogP contribution in [0.4, 0.5) is 15.9 Å². The van der Waals surface area contributed by atoms with E-state index in [0.717, 1.165) is 16.5 Å². The molecule has 5 aromatic rings. The lowest BCUT2D eigenvalue weighted by molar-refractivity contribution is 0.306. The Kier molecular flexibility index (Phi) is 8.71. The zero-order chi connectivity index (χ0) is 28.1. The zero-order valence-electron chi connectivity index (χ0n) is 21.4. The van der Waals surface area contributed by atoms with Crippen molar-refractivity contribution in [1.29, 1.82) is 0 Å². The Morgan fingerprint density at radius 3 is 2.77 bits per heavy atom. The van der Waals surface area contributed by atoms with Gasteiger partial charge in [0.1, 0.15) is 41.8 Å². The number of ether oxygens (including phenoxy) is 1. The molecule has 0 bridgehead atoms. The predicted molar refractivity (Wildman–Crippen MR) is 153 cm³/mol. The van der Waals surface area contributed by atoms with Crippen LogP contribution >= 0.6 is 11.6 Å². The van der Waals surface area contributed by atoms with Crippen LogP contribution < -0.4 is 15.4 Å². The molecule has 0 radical (unpaired) electrons. The molecule has 0 aliphatic rings. The van der Waals surface area contributed by atoms with E-state index in [1.54, 1.807) is 31.2 Å². The van der Waals surface area contributed by atoms with E-state index in [0.29, 0.717) is 52.5 Å². The number of benzene rings is 3. The monoisotopic (exact) mass is 579 g/mol. The van der Waals surface area contributed by atoms with Crippen molar-refractivity contribution in [2.75, 3.05) is 11.9 Å². The Bertz CT molecular complexity index is 1660. The van der Waals surface area contributed by atoms with Crippen LogP contribution in [0.1, 0.15) is 18.2 Å². The fourth-order valence-corrected chi connectivity index (χ4v) is 4.51. The van der Waals surface area contributed by atoms with E-state index < -0.39 is 16.3 Å². The number of rotatable bonds is 11. The Morgan fingerprint density at radius 2 is 1.98 bits per heavy atom. The average Bonchev–Trinajstić information content (AvgIpc) is 3.41. The van der Waals surface area contributed by atoms with E-state index in [4.69, 9.17) is 20.8 Å².